The van der Waals surface area contributed by atoms with Crippen LogP contribution >= 0.6 is 0 Å². The molecule has 0 saturated heterocycles. The second kappa shape index (κ2) is 7.23. The SMILES string of the molecule is CC(C)(C)OC(=O)COc1ccc2c(c1)OC(=Cc1ccccc1F)C2=O. The summed E-state index contributed by atoms with van der Waals surface area (Å²) in [4.78, 5) is 24.1. The first-order chi connectivity index (χ1) is 12.7. The molecule has 0 amide bonds. The number of allylic oxidation sites excluding steroid dienone is 1. The third kappa shape index (κ3) is 4.53. The van der Waals surface area contributed by atoms with Crippen molar-refractivity contribution in [3.05, 3.63) is 65.2 Å². The number of ether oxygens (including phenoxy) is 3. The van der Waals surface area contributed by atoms with Crippen LogP contribution in [0.1, 0.15) is 36.7 Å². The highest BCUT2D eigenvalue weighted by atomic mass is 19.1. The maximum atomic E-state index is 13.8. The standard InChI is InChI=1S/C21H19FO5/c1-21(2,3)27-19(23)12-25-14-8-9-15-17(11-14)26-18(20(15)24)10-13-6-4-5-7-16(13)22/h4-11H,12H2,1-3H3. The van der Waals surface area contributed by atoms with E-state index < -0.39 is 17.4 Å². The number of fused-ring (bicyclic) bond motifs is 1. The summed E-state index contributed by atoms with van der Waals surface area (Å²) in [5, 5.41) is 0. The summed E-state index contributed by atoms with van der Waals surface area (Å²) in [6.45, 7) is 5.04. The van der Waals surface area contributed by atoms with Gasteiger partial charge in [0, 0.05) is 11.6 Å². The van der Waals surface area contributed by atoms with E-state index in [0.29, 0.717) is 17.1 Å². The Bertz CT molecular complexity index is 924. The molecule has 0 fully saturated rings. The number of ketones is 1. The van der Waals surface area contributed by atoms with Crippen molar-refractivity contribution in [1.29, 1.82) is 0 Å². The Balaban J connectivity index is 1.72. The zero-order valence-electron chi connectivity index (χ0n) is 15.2. The highest BCUT2D eigenvalue weighted by Crippen LogP contribution is 2.35. The molecule has 6 heteroatoms. The van der Waals surface area contributed by atoms with Crippen LogP contribution in [0.2, 0.25) is 0 Å². The minimum absolute atomic E-state index is 0.0272. The molecule has 5 nitrogen and oxygen atoms in total. The maximum absolute atomic E-state index is 13.8. The smallest absolute Gasteiger partial charge is 0.344 e. The van der Waals surface area contributed by atoms with Crippen LogP contribution in [-0.2, 0) is 9.53 Å². The van der Waals surface area contributed by atoms with Crippen molar-refractivity contribution in [3.63, 3.8) is 0 Å². The highest BCUT2D eigenvalue weighted by molar-refractivity contribution is 6.14. The lowest BCUT2D eigenvalue weighted by Gasteiger charge is -2.19. The van der Waals surface area contributed by atoms with Gasteiger partial charge in [0.05, 0.1) is 5.56 Å². The molecule has 1 aliphatic rings. The van der Waals surface area contributed by atoms with Gasteiger partial charge in [-0.3, -0.25) is 4.79 Å². The van der Waals surface area contributed by atoms with Crippen molar-refractivity contribution in [2.75, 3.05) is 6.61 Å². The molecule has 0 aromatic heterocycles. The Hall–Kier alpha value is -3.15. The number of Topliss-reactive ketones (excluding diaryl/α,β-unsaturated/α-hetero) is 1. The van der Waals surface area contributed by atoms with Crippen molar-refractivity contribution in [3.8, 4) is 11.5 Å². The molecule has 0 N–H and O–H groups in total. The van der Waals surface area contributed by atoms with Crippen molar-refractivity contribution in [2.45, 2.75) is 26.4 Å². The topological polar surface area (TPSA) is 61.8 Å². The van der Waals surface area contributed by atoms with Crippen LogP contribution in [0, 0.1) is 5.82 Å². The van der Waals surface area contributed by atoms with Gasteiger partial charge in [-0.25, -0.2) is 9.18 Å². The normalized spacial score (nSPS) is 14.7. The fraction of sp³-hybridized carbons (Fsp3) is 0.238. The predicted octanol–water partition coefficient (Wildman–Crippen LogP) is 4.16. The lowest BCUT2D eigenvalue weighted by atomic mass is 10.1. The van der Waals surface area contributed by atoms with Crippen LogP contribution in [0.15, 0.2) is 48.2 Å². The van der Waals surface area contributed by atoms with Crippen molar-refractivity contribution in [2.24, 2.45) is 0 Å². The number of carbonyl (C=O) groups is 2. The van der Waals surface area contributed by atoms with Crippen LogP contribution in [0.5, 0.6) is 11.5 Å². The maximum Gasteiger partial charge on any atom is 0.344 e. The van der Waals surface area contributed by atoms with Gasteiger partial charge in [-0.2, -0.15) is 0 Å². The van der Waals surface area contributed by atoms with Crippen LogP contribution in [0.3, 0.4) is 0 Å². The third-order valence-corrected chi connectivity index (χ3v) is 3.61. The van der Waals surface area contributed by atoms with Crippen LogP contribution in [-0.4, -0.2) is 24.0 Å². The van der Waals surface area contributed by atoms with Gasteiger partial charge in [0.25, 0.3) is 0 Å². The number of rotatable bonds is 4. The van der Waals surface area contributed by atoms with Crippen molar-refractivity contribution in [1.82, 2.24) is 0 Å². The van der Waals surface area contributed by atoms with E-state index in [1.165, 1.54) is 18.2 Å². The lowest BCUT2D eigenvalue weighted by molar-refractivity contribution is -0.157. The molecule has 2 aromatic carbocycles. The summed E-state index contributed by atoms with van der Waals surface area (Å²) in [6.07, 6.45) is 1.36. The Morgan fingerprint density at radius 1 is 1.19 bits per heavy atom. The third-order valence-electron chi connectivity index (χ3n) is 3.61. The zero-order valence-corrected chi connectivity index (χ0v) is 15.2. The Labute approximate surface area is 156 Å². The second-order valence-electron chi connectivity index (χ2n) is 6.99. The summed E-state index contributed by atoms with van der Waals surface area (Å²) >= 11 is 0. The van der Waals surface area contributed by atoms with Gasteiger partial charge in [0.2, 0.25) is 5.78 Å². The molecule has 0 spiro atoms. The summed E-state index contributed by atoms with van der Waals surface area (Å²) < 4.78 is 29.9. The largest absolute Gasteiger partial charge is 0.482 e. The molecule has 1 heterocycles. The first-order valence-electron chi connectivity index (χ1n) is 8.40. The molecule has 0 radical (unpaired) electrons. The molecule has 0 aliphatic carbocycles. The Morgan fingerprint density at radius 2 is 1.93 bits per heavy atom. The highest BCUT2D eigenvalue weighted by Gasteiger charge is 2.28. The van der Waals surface area contributed by atoms with Crippen LogP contribution in [0.25, 0.3) is 6.08 Å². The predicted molar refractivity (Wildman–Crippen MR) is 97.1 cm³/mol. The molecule has 2 aromatic rings. The monoisotopic (exact) mass is 370 g/mol. The fourth-order valence-electron chi connectivity index (χ4n) is 2.50. The van der Waals surface area contributed by atoms with Crippen molar-refractivity contribution < 1.29 is 28.2 Å². The van der Waals surface area contributed by atoms with Gasteiger partial charge in [0.1, 0.15) is 22.9 Å². The van der Waals surface area contributed by atoms with E-state index in [-0.39, 0.29) is 23.7 Å². The van der Waals surface area contributed by atoms with Crippen molar-refractivity contribution >= 4 is 17.8 Å². The Morgan fingerprint density at radius 3 is 2.63 bits per heavy atom. The number of esters is 1. The molecule has 1 aliphatic heterocycles. The van der Waals surface area contributed by atoms with E-state index in [9.17, 15) is 14.0 Å². The van der Waals surface area contributed by atoms with Gasteiger partial charge >= 0.3 is 5.97 Å². The van der Waals surface area contributed by atoms with Crippen LogP contribution in [0.4, 0.5) is 4.39 Å². The van der Waals surface area contributed by atoms with E-state index in [2.05, 4.69) is 0 Å². The second-order valence-corrected chi connectivity index (χ2v) is 6.99. The van der Waals surface area contributed by atoms with Crippen LogP contribution < -0.4 is 9.47 Å². The summed E-state index contributed by atoms with van der Waals surface area (Å²) in [7, 11) is 0. The number of halogens is 1. The number of carbonyl (C=O) groups excluding carboxylic acids is 2. The minimum Gasteiger partial charge on any atom is -0.482 e. The Kier molecular flexibility index (Phi) is 4.99. The fourth-order valence-corrected chi connectivity index (χ4v) is 2.50. The number of hydrogen-bond acceptors (Lipinski definition) is 5. The van der Waals surface area contributed by atoms with Gasteiger partial charge in [-0.1, -0.05) is 18.2 Å². The molecular formula is C21H19FO5. The average Bonchev–Trinajstić information content (AvgIpc) is 2.89. The average molecular weight is 370 g/mol. The van der Waals surface area contributed by atoms with Gasteiger partial charge in [-0.15, -0.1) is 0 Å². The molecule has 27 heavy (non-hydrogen) atoms. The summed E-state index contributed by atoms with van der Waals surface area (Å²) in [5.74, 6) is -0.603. The number of benzene rings is 2. The molecule has 3 rings (SSSR count). The molecule has 0 unspecified atom stereocenters. The van der Waals surface area contributed by atoms with Gasteiger partial charge < -0.3 is 14.2 Å². The molecule has 0 saturated carbocycles. The van der Waals surface area contributed by atoms with E-state index in [1.54, 1.807) is 51.1 Å². The van der Waals surface area contributed by atoms with E-state index in [1.807, 2.05) is 0 Å². The number of hydrogen-bond donors (Lipinski definition) is 0. The van der Waals surface area contributed by atoms with Gasteiger partial charge in [0.15, 0.2) is 12.4 Å². The molecule has 140 valence electrons. The molecule has 0 bridgehead atoms. The first kappa shape index (κ1) is 18.6. The minimum atomic E-state index is -0.597. The van der Waals surface area contributed by atoms with E-state index in [0.717, 1.165) is 0 Å². The van der Waals surface area contributed by atoms with Gasteiger partial charge in [-0.05, 0) is 45.0 Å². The van der Waals surface area contributed by atoms with E-state index in [4.69, 9.17) is 14.2 Å². The quantitative estimate of drug-likeness (QED) is 0.597. The first-order valence-corrected chi connectivity index (χ1v) is 8.40. The zero-order chi connectivity index (χ0) is 19.6. The molecule has 0 atom stereocenters. The van der Waals surface area contributed by atoms with E-state index >= 15 is 0 Å². The summed E-state index contributed by atoms with van der Waals surface area (Å²) in [5.41, 5.74) is 0.0117. The molecular weight excluding hydrogens is 351 g/mol. The lowest BCUT2D eigenvalue weighted by Crippen LogP contribution is -2.27. The summed E-state index contributed by atoms with van der Waals surface area (Å²) in [6, 6.07) is 10.7.